The van der Waals surface area contributed by atoms with E-state index in [9.17, 15) is 4.57 Å². The summed E-state index contributed by atoms with van der Waals surface area (Å²) in [6.07, 6.45) is 1.51. The van der Waals surface area contributed by atoms with Crippen LogP contribution in [0.15, 0.2) is 4.99 Å². The third kappa shape index (κ3) is 4.50. The van der Waals surface area contributed by atoms with Crippen LogP contribution in [0.3, 0.4) is 0 Å². The first kappa shape index (κ1) is 12.5. The minimum absolute atomic E-state index is 0. The van der Waals surface area contributed by atoms with Gasteiger partial charge < -0.3 is 1.43 Å². The van der Waals surface area contributed by atoms with Crippen LogP contribution in [0.25, 0.3) is 0 Å². The van der Waals surface area contributed by atoms with Crippen molar-refractivity contribution in [3.63, 3.8) is 0 Å². The summed E-state index contributed by atoms with van der Waals surface area (Å²) in [4.78, 5) is 3.87. The molecule has 12 heavy (non-hydrogen) atoms. The van der Waals surface area contributed by atoms with Gasteiger partial charge in [-0.25, -0.2) is 0 Å². The van der Waals surface area contributed by atoms with E-state index in [2.05, 4.69) is 9.52 Å². The average Bonchev–Trinajstić information content (AvgIpc) is 2.40. The third-order valence-corrected chi connectivity index (χ3v) is 1.88. The van der Waals surface area contributed by atoms with Gasteiger partial charge in [0.05, 0.1) is 13.1 Å². The Hall–Kier alpha value is 0.490. The standard InChI is InChI=1S/C5H10N2O3P.Na.H/c1-2-9-11(8)10-7-4-3-6-5-7;;/h5H,2-4H2,1H3;;/q2*+1;-1. The normalized spacial score (nSPS) is 16.1. The Kier molecular flexibility index (Phi) is 7.23. The molecule has 5 nitrogen and oxygen atoms in total. The van der Waals surface area contributed by atoms with E-state index in [0.29, 0.717) is 19.7 Å². The number of hydrogen-bond donors (Lipinski definition) is 0. The summed E-state index contributed by atoms with van der Waals surface area (Å²) >= 11 is 0. The topological polar surface area (TPSA) is 51.1 Å². The van der Waals surface area contributed by atoms with Gasteiger partial charge in [-0.15, -0.1) is 4.52 Å². The van der Waals surface area contributed by atoms with E-state index in [1.54, 1.807) is 6.92 Å². The molecule has 0 aromatic heterocycles. The van der Waals surface area contributed by atoms with Crippen molar-refractivity contribution >= 4 is 14.6 Å². The summed E-state index contributed by atoms with van der Waals surface area (Å²) in [5, 5.41) is 1.41. The summed E-state index contributed by atoms with van der Waals surface area (Å²) in [6.45, 7) is 3.48. The molecule has 64 valence electrons. The average molecular weight is 201 g/mol. The second-order valence-electron chi connectivity index (χ2n) is 1.89. The van der Waals surface area contributed by atoms with Crippen molar-refractivity contribution in [1.82, 2.24) is 5.06 Å². The molecular formula is C5H11N2NaO3P+. The van der Waals surface area contributed by atoms with Crippen LogP contribution in [0, 0.1) is 0 Å². The zero-order chi connectivity index (χ0) is 8.10. The molecule has 0 amide bonds. The molecule has 1 heterocycles. The van der Waals surface area contributed by atoms with E-state index in [4.69, 9.17) is 4.62 Å². The van der Waals surface area contributed by atoms with Crippen LogP contribution in [-0.2, 0) is 13.7 Å². The van der Waals surface area contributed by atoms with E-state index in [1.807, 2.05) is 0 Å². The van der Waals surface area contributed by atoms with Gasteiger partial charge in [-0.1, -0.05) is 0 Å². The molecule has 1 aliphatic heterocycles. The Morgan fingerprint density at radius 1 is 1.83 bits per heavy atom. The van der Waals surface area contributed by atoms with Crippen LogP contribution in [0.1, 0.15) is 8.35 Å². The van der Waals surface area contributed by atoms with Crippen LogP contribution >= 0.6 is 8.25 Å². The molecule has 0 saturated heterocycles. The van der Waals surface area contributed by atoms with Crippen molar-refractivity contribution in [2.24, 2.45) is 4.99 Å². The second kappa shape index (κ2) is 6.95. The first-order chi connectivity index (χ1) is 5.33. The summed E-state index contributed by atoms with van der Waals surface area (Å²) < 4.78 is 20.3. The molecule has 0 bridgehead atoms. The quantitative estimate of drug-likeness (QED) is 0.392. The van der Waals surface area contributed by atoms with Gasteiger partial charge in [-0.05, 0) is 6.92 Å². The maximum Gasteiger partial charge on any atom is 1.00 e. The van der Waals surface area contributed by atoms with Gasteiger partial charge in [-0.2, -0.15) is 5.06 Å². The van der Waals surface area contributed by atoms with Crippen LogP contribution in [0.2, 0.25) is 0 Å². The zero-order valence-corrected chi connectivity index (χ0v) is 10.2. The van der Waals surface area contributed by atoms with Gasteiger partial charge in [0.15, 0.2) is 0 Å². The molecule has 0 saturated carbocycles. The van der Waals surface area contributed by atoms with Gasteiger partial charge in [0.2, 0.25) is 0 Å². The molecule has 0 aromatic carbocycles. The molecule has 0 aromatic rings. The van der Waals surface area contributed by atoms with E-state index in [-0.39, 0.29) is 31.0 Å². The summed E-state index contributed by atoms with van der Waals surface area (Å²) in [5.41, 5.74) is 0. The molecule has 1 rings (SSSR count). The van der Waals surface area contributed by atoms with Crippen molar-refractivity contribution in [1.29, 1.82) is 0 Å². The Balaban J connectivity index is 0. The van der Waals surface area contributed by atoms with Crippen molar-refractivity contribution in [2.45, 2.75) is 6.92 Å². The van der Waals surface area contributed by atoms with E-state index in [0.717, 1.165) is 0 Å². The van der Waals surface area contributed by atoms with Crippen molar-refractivity contribution in [3.8, 4) is 0 Å². The summed E-state index contributed by atoms with van der Waals surface area (Å²) in [6, 6.07) is 0. The Labute approximate surface area is 95.8 Å². The first-order valence-corrected chi connectivity index (χ1v) is 4.47. The van der Waals surface area contributed by atoms with E-state index >= 15 is 0 Å². The van der Waals surface area contributed by atoms with Crippen LogP contribution in [-0.4, -0.2) is 31.1 Å². The minimum atomic E-state index is -2.01. The Morgan fingerprint density at radius 3 is 3.08 bits per heavy atom. The first-order valence-electron chi connectivity index (χ1n) is 3.37. The molecule has 1 aliphatic rings. The smallest absolute Gasteiger partial charge is 1.00 e. The molecular weight excluding hydrogens is 190 g/mol. The monoisotopic (exact) mass is 201 g/mol. The number of nitrogens with zero attached hydrogens (tertiary/aromatic N) is 2. The number of aliphatic imine (C=N–C) groups is 1. The molecule has 0 N–H and O–H groups in total. The van der Waals surface area contributed by atoms with Gasteiger partial charge in [0.25, 0.3) is 0 Å². The van der Waals surface area contributed by atoms with Crippen LogP contribution < -0.4 is 29.6 Å². The molecule has 0 radical (unpaired) electrons. The molecule has 1 unspecified atom stereocenters. The maximum atomic E-state index is 10.8. The predicted octanol–water partition coefficient (Wildman–Crippen LogP) is -1.93. The van der Waals surface area contributed by atoms with Gasteiger partial charge in [-0.3, -0.25) is 4.99 Å². The summed E-state index contributed by atoms with van der Waals surface area (Å²) in [7, 11) is -2.01. The molecule has 7 heteroatoms. The van der Waals surface area contributed by atoms with Crippen molar-refractivity contribution in [2.75, 3.05) is 19.7 Å². The fourth-order valence-corrected chi connectivity index (χ4v) is 1.19. The predicted molar refractivity (Wildman–Crippen MR) is 41.5 cm³/mol. The SMILES string of the molecule is CCO[P+](=O)ON1C=NCC1.[H-].[Na+]. The van der Waals surface area contributed by atoms with Crippen molar-refractivity contribution in [3.05, 3.63) is 0 Å². The molecule has 0 aliphatic carbocycles. The molecule has 1 atom stereocenters. The van der Waals surface area contributed by atoms with Gasteiger partial charge in [0, 0.05) is 9.19 Å². The second-order valence-corrected chi connectivity index (χ2v) is 2.75. The minimum Gasteiger partial charge on any atom is -1.00 e. The number of hydrogen-bond acceptors (Lipinski definition) is 5. The third-order valence-electron chi connectivity index (χ3n) is 1.07. The van der Waals surface area contributed by atoms with E-state index in [1.165, 1.54) is 11.4 Å². The largest absolute Gasteiger partial charge is 1.00 e. The van der Waals surface area contributed by atoms with Crippen LogP contribution in [0.5, 0.6) is 0 Å². The maximum absolute atomic E-state index is 10.8. The van der Waals surface area contributed by atoms with Gasteiger partial charge in [0.1, 0.15) is 12.9 Å². The number of hydroxylamine groups is 2. The van der Waals surface area contributed by atoms with Crippen molar-refractivity contribution < 1.29 is 44.7 Å². The zero-order valence-electron chi connectivity index (χ0n) is 8.27. The van der Waals surface area contributed by atoms with Crippen LogP contribution in [0.4, 0.5) is 0 Å². The van der Waals surface area contributed by atoms with Gasteiger partial charge >= 0.3 is 37.8 Å². The fraction of sp³-hybridized carbons (Fsp3) is 0.800. The molecule has 0 fully saturated rings. The number of rotatable bonds is 4. The fourth-order valence-electron chi connectivity index (χ4n) is 0.639. The summed E-state index contributed by atoms with van der Waals surface area (Å²) in [5.74, 6) is 0. The Bertz CT molecular complexity index is 183. The molecule has 0 spiro atoms. The Morgan fingerprint density at radius 2 is 2.58 bits per heavy atom. The van der Waals surface area contributed by atoms with E-state index < -0.39 is 8.25 Å².